The van der Waals surface area contributed by atoms with E-state index >= 15 is 0 Å². The van der Waals surface area contributed by atoms with Crippen LogP contribution in [0.5, 0.6) is 0 Å². The number of amides is 1. The van der Waals surface area contributed by atoms with Gasteiger partial charge >= 0.3 is 0 Å². The highest BCUT2D eigenvalue weighted by Gasteiger charge is 2.44. The van der Waals surface area contributed by atoms with E-state index in [2.05, 4.69) is 25.3 Å². The molecule has 3 aliphatic rings. The second-order valence-corrected chi connectivity index (χ2v) is 7.66. The Morgan fingerprint density at radius 2 is 1.85 bits per heavy atom. The monoisotopic (exact) mass is 350 g/mol. The zero-order valence-corrected chi connectivity index (χ0v) is 14.6. The number of hydrogen-bond donors (Lipinski definition) is 1. The van der Waals surface area contributed by atoms with Gasteiger partial charge in [0.05, 0.1) is 11.8 Å². The number of rotatable bonds is 4. The Balaban J connectivity index is 1.25. The van der Waals surface area contributed by atoms with E-state index in [1.165, 1.54) is 12.8 Å². The van der Waals surface area contributed by atoms with E-state index in [0.717, 1.165) is 37.6 Å². The molecule has 3 heterocycles. The summed E-state index contributed by atoms with van der Waals surface area (Å²) in [5, 5.41) is 3.50. The maximum atomic E-state index is 12.8. The minimum Gasteiger partial charge on any atom is -0.366 e. The van der Waals surface area contributed by atoms with Crippen LogP contribution in [0.15, 0.2) is 31.0 Å². The summed E-state index contributed by atoms with van der Waals surface area (Å²) < 4.78 is 0. The van der Waals surface area contributed by atoms with Gasteiger partial charge in [0, 0.05) is 55.8 Å². The number of aromatic nitrogens is 4. The van der Waals surface area contributed by atoms with Crippen molar-refractivity contribution >= 4 is 11.7 Å². The van der Waals surface area contributed by atoms with Crippen molar-refractivity contribution in [2.45, 2.75) is 37.6 Å². The molecule has 3 atom stereocenters. The van der Waals surface area contributed by atoms with Gasteiger partial charge in [-0.15, -0.1) is 0 Å². The lowest BCUT2D eigenvalue weighted by Crippen LogP contribution is -2.33. The second-order valence-electron chi connectivity index (χ2n) is 7.66. The van der Waals surface area contributed by atoms with Crippen LogP contribution in [-0.4, -0.2) is 49.9 Å². The summed E-state index contributed by atoms with van der Waals surface area (Å²) in [6.45, 7) is 1.61. The fourth-order valence-electron chi connectivity index (χ4n) is 4.36. The molecule has 26 heavy (non-hydrogen) atoms. The van der Waals surface area contributed by atoms with Crippen LogP contribution in [0.2, 0.25) is 0 Å². The van der Waals surface area contributed by atoms with Gasteiger partial charge in [-0.25, -0.2) is 15.0 Å². The molecule has 0 aromatic carbocycles. The average molecular weight is 350 g/mol. The van der Waals surface area contributed by atoms with Crippen molar-refractivity contribution in [1.29, 1.82) is 0 Å². The molecule has 0 spiro atoms. The molecule has 2 aromatic heterocycles. The van der Waals surface area contributed by atoms with Gasteiger partial charge < -0.3 is 10.2 Å². The summed E-state index contributed by atoms with van der Waals surface area (Å²) in [5.41, 5.74) is 0.604. The van der Waals surface area contributed by atoms with Crippen LogP contribution in [0.1, 0.15) is 47.8 Å². The van der Waals surface area contributed by atoms with Crippen LogP contribution >= 0.6 is 0 Å². The first kappa shape index (κ1) is 15.7. The molecule has 1 saturated heterocycles. The van der Waals surface area contributed by atoms with Crippen LogP contribution < -0.4 is 5.32 Å². The third kappa shape index (κ3) is 2.91. The van der Waals surface area contributed by atoms with Gasteiger partial charge in [-0.1, -0.05) is 0 Å². The molecule has 1 amide bonds. The van der Waals surface area contributed by atoms with Gasteiger partial charge in [-0.05, 0) is 31.6 Å². The number of carbonyl (C=O) groups is 1. The highest BCUT2D eigenvalue weighted by atomic mass is 16.2. The van der Waals surface area contributed by atoms with Crippen molar-refractivity contribution in [2.75, 3.05) is 18.4 Å². The number of anilines is 1. The number of nitrogens with zero attached hydrogens (tertiary/aromatic N) is 5. The molecule has 0 unspecified atom stereocenters. The Morgan fingerprint density at radius 3 is 2.58 bits per heavy atom. The third-order valence-electron chi connectivity index (χ3n) is 5.90. The molecular weight excluding hydrogens is 328 g/mol. The Labute approximate surface area is 152 Å². The van der Waals surface area contributed by atoms with Crippen molar-refractivity contribution in [3.8, 4) is 0 Å². The number of likely N-dealkylation sites (tertiary alicyclic amines) is 1. The van der Waals surface area contributed by atoms with E-state index in [-0.39, 0.29) is 5.91 Å². The van der Waals surface area contributed by atoms with Gasteiger partial charge in [-0.3, -0.25) is 9.78 Å². The number of nitrogens with one attached hydrogen (secondary N) is 1. The first-order chi connectivity index (χ1) is 12.8. The molecule has 0 radical (unpaired) electrons. The molecule has 1 N–H and O–H groups in total. The first-order valence-electron chi connectivity index (χ1n) is 9.41. The van der Waals surface area contributed by atoms with E-state index in [1.807, 2.05) is 4.90 Å². The highest BCUT2D eigenvalue weighted by molar-refractivity contribution is 5.93. The van der Waals surface area contributed by atoms with E-state index in [1.54, 1.807) is 31.0 Å². The predicted octanol–water partition coefficient (Wildman–Crippen LogP) is 2.11. The standard InChI is InChI=1S/C19H22N6O/c26-19(14-7-22-18(23-8-14)12-1-2-12)25-10-13-3-4-16(15(13)11-25)24-17-9-20-5-6-21-17/h5-9,12-13,15-16H,1-4,10-11H2,(H,21,24)/t13-,15+,16-/m1/s1. The normalized spacial score (nSPS) is 27.4. The van der Waals surface area contributed by atoms with Crippen molar-refractivity contribution in [3.05, 3.63) is 42.4 Å². The maximum absolute atomic E-state index is 12.8. The van der Waals surface area contributed by atoms with E-state index in [4.69, 9.17) is 0 Å². The summed E-state index contributed by atoms with van der Waals surface area (Å²) in [6.07, 6.45) is 13.1. The fraction of sp³-hybridized carbons (Fsp3) is 0.526. The van der Waals surface area contributed by atoms with Gasteiger partial charge in [-0.2, -0.15) is 0 Å². The van der Waals surface area contributed by atoms with Crippen molar-refractivity contribution in [1.82, 2.24) is 24.8 Å². The maximum Gasteiger partial charge on any atom is 0.257 e. The van der Waals surface area contributed by atoms with Crippen molar-refractivity contribution in [2.24, 2.45) is 11.8 Å². The van der Waals surface area contributed by atoms with Gasteiger partial charge in [0.2, 0.25) is 0 Å². The van der Waals surface area contributed by atoms with Gasteiger partial charge in [0.1, 0.15) is 11.6 Å². The summed E-state index contributed by atoms with van der Waals surface area (Å²) in [7, 11) is 0. The molecule has 7 nitrogen and oxygen atoms in total. The average Bonchev–Trinajstić information content (AvgIpc) is 3.35. The fourth-order valence-corrected chi connectivity index (χ4v) is 4.36. The van der Waals surface area contributed by atoms with Gasteiger partial charge in [0.25, 0.3) is 5.91 Å². The Bertz CT molecular complexity index is 791. The molecule has 3 fully saturated rings. The Kier molecular flexibility index (Phi) is 3.80. The Hall–Kier alpha value is -2.57. The molecule has 5 rings (SSSR count). The molecule has 2 aliphatic carbocycles. The van der Waals surface area contributed by atoms with Crippen molar-refractivity contribution in [3.63, 3.8) is 0 Å². The molecule has 134 valence electrons. The summed E-state index contributed by atoms with van der Waals surface area (Å²) in [5.74, 6) is 3.28. The quantitative estimate of drug-likeness (QED) is 0.909. The van der Waals surface area contributed by atoms with Crippen LogP contribution in [0.3, 0.4) is 0 Å². The third-order valence-corrected chi connectivity index (χ3v) is 5.90. The first-order valence-corrected chi connectivity index (χ1v) is 9.41. The van der Waals surface area contributed by atoms with Crippen LogP contribution in [0.25, 0.3) is 0 Å². The zero-order valence-electron chi connectivity index (χ0n) is 14.6. The number of carbonyl (C=O) groups excluding carboxylic acids is 1. The minimum atomic E-state index is 0.0556. The lowest BCUT2D eigenvalue weighted by Gasteiger charge is -2.22. The SMILES string of the molecule is O=C(c1cnc(C2CC2)nc1)N1C[C@H]2CC[C@@H](Nc3cnccn3)[C@H]2C1. The molecule has 2 saturated carbocycles. The lowest BCUT2D eigenvalue weighted by atomic mass is 9.98. The summed E-state index contributed by atoms with van der Waals surface area (Å²) in [6, 6.07) is 0.350. The lowest BCUT2D eigenvalue weighted by molar-refractivity contribution is 0.0779. The zero-order chi connectivity index (χ0) is 17.5. The largest absolute Gasteiger partial charge is 0.366 e. The second kappa shape index (κ2) is 6.30. The van der Waals surface area contributed by atoms with E-state index < -0.39 is 0 Å². The molecular formula is C19H22N6O. The van der Waals surface area contributed by atoms with E-state index in [9.17, 15) is 4.79 Å². The molecule has 1 aliphatic heterocycles. The predicted molar refractivity (Wildman–Crippen MR) is 95.6 cm³/mol. The van der Waals surface area contributed by atoms with Crippen LogP contribution in [0.4, 0.5) is 5.82 Å². The summed E-state index contributed by atoms with van der Waals surface area (Å²) >= 11 is 0. The van der Waals surface area contributed by atoms with E-state index in [0.29, 0.717) is 29.4 Å². The highest BCUT2D eigenvalue weighted by Crippen LogP contribution is 2.40. The molecule has 7 heteroatoms. The smallest absolute Gasteiger partial charge is 0.257 e. The Morgan fingerprint density at radius 1 is 1.00 bits per heavy atom. The van der Waals surface area contributed by atoms with Crippen LogP contribution in [-0.2, 0) is 0 Å². The number of fused-ring (bicyclic) bond motifs is 1. The minimum absolute atomic E-state index is 0.0556. The van der Waals surface area contributed by atoms with Gasteiger partial charge in [0.15, 0.2) is 0 Å². The number of hydrogen-bond acceptors (Lipinski definition) is 6. The molecule has 2 aromatic rings. The molecule has 0 bridgehead atoms. The van der Waals surface area contributed by atoms with Crippen LogP contribution in [0, 0.1) is 11.8 Å². The van der Waals surface area contributed by atoms with Crippen molar-refractivity contribution < 1.29 is 4.79 Å². The summed E-state index contributed by atoms with van der Waals surface area (Å²) in [4.78, 5) is 32.0. The topological polar surface area (TPSA) is 83.9 Å².